The maximum Gasteiger partial charge on any atom is 0.430 e. The third-order valence-corrected chi connectivity index (χ3v) is 7.72. The van der Waals surface area contributed by atoms with Crippen LogP contribution in [0.25, 0.3) is 0 Å². The van der Waals surface area contributed by atoms with Gasteiger partial charge in [0.05, 0.1) is 5.70 Å². The summed E-state index contributed by atoms with van der Waals surface area (Å²) in [5, 5.41) is 0. The fourth-order valence-corrected chi connectivity index (χ4v) is 6.10. The van der Waals surface area contributed by atoms with Crippen molar-refractivity contribution in [2.24, 2.45) is 0 Å². The lowest BCUT2D eigenvalue weighted by Gasteiger charge is -2.28. The third-order valence-electron chi connectivity index (χ3n) is 6.93. The van der Waals surface area contributed by atoms with Gasteiger partial charge in [-0.2, -0.15) is 8.42 Å². The summed E-state index contributed by atoms with van der Waals surface area (Å²) in [4.78, 5) is 17.5. The van der Waals surface area contributed by atoms with Gasteiger partial charge in [-0.15, -0.1) is 4.31 Å². The first-order chi connectivity index (χ1) is 17.5. The molecule has 0 radical (unpaired) electrons. The summed E-state index contributed by atoms with van der Waals surface area (Å²) in [5.41, 5.74) is 5.36. The predicted octanol–water partition coefficient (Wildman–Crippen LogP) is 5.08. The monoisotopic (exact) mass is 523 g/mol. The SMILES string of the molecule is CC(C)(C)OC(=O)N(C1=C(CN2CCc3ccccc32)CC/C1=C\N1CCc2ccccc21)S(=O)(=O)O. The van der Waals surface area contributed by atoms with Gasteiger partial charge in [-0.1, -0.05) is 36.4 Å². The van der Waals surface area contributed by atoms with Crippen LogP contribution in [0.2, 0.25) is 0 Å². The highest BCUT2D eigenvalue weighted by Crippen LogP contribution is 2.40. The second-order valence-electron chi connectivity index (χ2n) is 10.7. The van der Waals surface area contributed by atoms with Crippen LogP contribution >= 0.6 is 0 Å². The molecule has 0 unspecified atom stereocenters. The van der Waals surface area contributed by atoms with Crippen molar-refractivity contribution in [1.82, 2.24) is 4.31 Å². The molecule has 9 heteroatoms. The lowest BCUT2D eigenvalue weighted by Crippen LogP contribution is -2.41. The van der Waals surface area contributed by atoms with Gasteiger partial charge in [0, 0.05) is 37.2 Å². The number of benzene rings is 2. The van der Waals surface area contributed by atoms with E-state index in [1.807, 2.05) is 36.5 Å². The van der Waals surface area contributed by atoms with E-state index in [9.17, 15) is 17.8 Å². The Hall–Kier alpha value is -3.30. The molecular weight excluding hydrogens is 490 g/mol. The molecule has 0 saturated heterocycles. The normalized spacial score (nSPS) is 18.4. The van der Waals surface area contributed by atoms with Gasteiger partial charge < -0.3 is 14.5 Å². The molecular formula is C28H33N3O5S. The Bertz CT molecular complexity index is 1390. The standard InChI is InChI=1S/C28H33N3O5S/c1-28(2,3)36-27(32)31(37(33,34)35)26-22(18-29-16-14-20-8-4-6-10-24(20)29)12-13-23(26)19-30-17-15-21-9-5-7-11-25(21)30/h4-11,18H,12-17,19H2,1-3H3,(H,33,34,35)/b22-18+. The number of hydrogen-bond acceptors (Lipinski definition) is 6. The second-order valence-corrected chi connectivity index (χ2v) is 12.0. The van der Waals surface area contributed by atoms with Crippen LogP contribution in [0.4, 0.5) is 16.2 Å². The van der Waals surface area contributed by atoms with Gasteiger partial charge in [0.2, 0.25) is 0 Å². The van der Waals surface area contributed by atoms with E-state index in [0.29, 0.717) is 29.3 Å². The molecule has 2 aromatic rings. The average molecular weight is 524 g/mol. The molecule has 1 amide bonds. The lowest BCUT2D eigenvalue weighted by molar-refractivity contribution is 0.0421. The number of rotatable bonds is 5. The average Bonchev–Trinajstić information content (AvgIpc) is 3.52. The molecule has 0 saturated carbocycles. The Morgan fingerprint density at radius 1 is 0.973 bits per heavy atom. The molecule has 196 valence electrons. The minimum Gasteiger partial charge on any atom is -0.443 e. The molecule has 1 aliphatic carbocycles. The number of carbonyl (C=O) groups is 1. The Morgan fingerprint density at radius 3 is 2.27 bits per heavy atom. The number of nitrogens with zero attached hydrogens (tertiary/aromatic N) is 3. The zero-order valence-electron chi connectivity index (χ0n) is 21.5. The summed E-state index contributed by atoms with van der Waals surface area (Å²) in [7, 11) is -4.95. The van der Waals surface area contributed by atoms with Gasteiger partial charge in [0.15, 0.2) is 0 Å². The van der Waals surface area contributed by atoms with Crippen molar-refractivity contribution in [1.29, 1.82) is 0 Å². The van der Waals surface area contributed by atoms with Gasteiger partial charge in [0.1, 0.15) is 5.60 Å². The summed E-state index contributed by atoms with van der Waals surface area (Å²) < 4.78 is 41.6. The van der Waals surface area contributed by atoms with Crippen molar-refractivity contribution in [3.05, 3.63) is 82.7 Å². The Morgan fingerprint density at radius 2 is 1.59 bits per heavy atom. The minimum absolute atomic E-state index is 0.213. The number of amides is 1. The molecule has 0 atom stereocenters. The topological polar surface area (TPSA) is 90.4 Å². The highest BCUT2D eigenvalue weighted by atomic mass is 32.2. The first-order valence-corrected chi connectivity index (χ1v) is 14.0. The summed E-state index contributed by atoms with van der Waals surface area (Å²) in [5.74, 6) is 0. The number of fused-ring (bicyclic) bond motifs is 2. The Balaban J connectivity index is 1.58. The van der Waals surface area contributed by atoms with Crippen LogP contribution in [0.15, 0.2) is 71.6 Å². The van der Waals surface area contributed by atoms with Crippen LogP contribution in [0, 0.1) is 0 Å². The molecule has 0 fully saturated rings. The largest absolute Gasteiger partial charge is 0.443 e. The molecule has 2 heterocycles. The molecule has 5 rings (SSSR count). The lowest BCUT2D eigenvalue weighted by atomic mass is 10.1. The van der Waals surface area contributed by atoms with Crippen molar-refractivity contribution in [2.75, 3.05) is 29.4 Å². The fraction of sp³-hybridized carbons (Fsp3) is 0.393. The van der Waals surface area contributed by atoms with Crippen LogP contribution in [0.1, 0.15) is 44.7 Å². The number of para-hydroxylation sites is 2. The molecule has 0 spiro atoms. The zero-order valence-corrected chi connectivity index (χ0v) is 22.3. The van der Waals surface area contributed by atoms with Crippen LogP contribution < -0.4 is 9.80 Å². The summed E-state index contributed by atoms with van der Waals surface area (Å²) >= 11 is 0. The summed E-state index contributed by atoms with van der Waals surface area (Å²) in [6, 6.07) is 16.3. The van der Waals surface area contributed by atoms with Gasteiger partial charge in [0.25, 0.3) is 0 Å². The maximum absolute atomic E-state index is 13.2. The summed E-state index contributed by atoms with van der Waals surface area (Å²) in [6.45, 7) is 6.99. The van der Waals surface area contributed by atoms with E-state index in [0.717, 1.165) is 42.9 Å². The zero-order chi connectivity index (χ0) is 26.4. The van der Waals surface area contributed by atoms with Gasteiger partial charge in [-0.25, -0.2) is 4.79 Å². The smallest absolute Gasteiger partial charge is 0.430 e. The van der Waals surface area contributed by atoms with Crippen molar-refractivity contribution < 1.29 is 22.5 Å². The van der Waals surface area contributed by atoms with E-state index >= 15 is 0 Å². The Labute approximate surface area is 218 Å². The van der Waals surface area contributed by atoms with Crippen LogP contribution in [-0.4, -0.2) is 48.6 Å². The molecule has 3 aliphatic rings. The van der Waals surface area contributed by atoms with E-state index < -0.39 is 22.0 Å². The third kappa shape index (κ3) is 5.24. The molecule has 0 bridgehead atoms. The maximum atomic E-state index is 13.2. The van der Waals surface area contributed by atoms with Crippen molar-refractivity contribution in [2.45, 2.75) is 52.1 Å². The van der Waals surface area contributed by atoms with E-state index in [4.69, 9.17) is 4.74 Å². The van der Waals surface area contributed by atoms with E-state index in [-0.39, 0.29) is 5.70 Å². The van der Waals surface area contributed by atoms with Crippen molar-refractivity contribution in [3.8, 4) is 0 Å². The molecule has 8 nitrogen and oxygen atoms in total. The quantitative estimate of drug-likeness (QED) is 0.547. The van der Waals surface area contributed by atoms with Crippen molar-refractivity contribution in [3.63, 3.8) is 0 Å². The predicted molar refractivity (Wildman–Crippen MR) is 144 cm³/mol. The molecule has 1 N–H and O–H groups in total. The fourth-order valence-electron chi connectivity index (χ4n) is 5.39. The first-order valence-electron chi connectivity index (χ1n) is 12.6. The Kier molecular flexibility index (Phi) is 6.53. The molecule has 2 aliphatic heterocycles. The summed E-state index contributed by atoms with van der Waals surface area (Å²) in [6.07, 6.45) is 3.72. The van der Waals surface area contributed by atoms with Crippen molar-refractivity contribution >= 4 is 27.8 Å². The van der Waals surface area contributed by atoms with E-state index in [1.165, 1.54) is 11.1 Å². The van der Waals surface area contributed by atoms with Gasteiger partial charge in [-0.05, 0) is 80.9 Å². The van der Waals surface area contributed by atoms with Gasteiger partial charge >= 0.3 is 16.4 Å². The number of ether oxygens (including phenoxy) is 1. The van der Waals surface area contributed by atoms with Crippen LogP contribution in [-0.2, 0) is 27.9 Å². The van der Waals surface area contributed by atoms with Gasteiger partial charge in [-0.3, -0.25) is 4.55 Å². The minimum atomic E-state index is -4.95. The van der Waals surface area contributed by atoms with E-state index in [1.54, 1.807) is 20.8 Å². The molecule has 0 aromatic heterocycles. The number of carbonyl (C=O) groups excluding carboxylic acids is 1. The first kappa shape index (κ1) is 25.4. The second kappa shape index (κ2) is 9.54. The van der Waals surface area contributed by atoms with E-state index in [2.05, 4.69) is 28.0 Å². The molecule has 2 aromatic carbocycles. The highest BCUT2D eigenvalue weighted by molar-refractivity contribution is 7.84. The number of hydrogen-bond donors (Lipinski definition) is 1. The highest BCUT2D eigenvalue weighted by Gasteiger charge is 2.40. The molecule has 37 heavy (non-hydrogen) atoms. The van der Waals surface area contributed by atoms with Crippen LogP contribution in [0.5, 0.6) is 0 Å². The van der Waals surface area contributed by atoms with Crippen LogP contribution in [0.3, 0.4) is 0 Å². The number of allylic oxidation sites excluding steroid dienone is 1. The number of anilines is 2.